The molecule has 2 rings (SSSR count). The number of hydrogen-bond acceptors (Lipinski definition) is 2. The average molecular weight is 252 g/mol. The zero-order chi connectivity index (χ0) is 13.0. The van der Waals surface area contributed by atoms with Crippen molar-refractivity contribution in [3.8, 4) is 0 Å². The van der Waals surface area contributed by atoms with Crippen LogP contribution in [0.25, 0.3) is 0 Å². The molecule has 1 amide bonds. The summed E-state index contributed by atoms with van der Waals surface area (Å²) in [5.74, 6) is 1.59. The van der Waals surface area contributed by atoms with Crippen LogP contribution in [0.3, 0.4) is 0 Å². The van der Waals surface area contributed by atoms with E-state index in [9.17, 15) is 4.79 Å². The molecule has 0 aromatic rings. The van der Waals surface area contributed by atoms with E-state index in [4.69, 9.17) is 0 Å². The minimum absolute atomic E-state index is 0.293. The summed E-state index contributed by atoms with van der Waals surface area (Å²) in [6.45, 7) is 0.968. The van der Waals surface area contributed by atoms with Crippen molar-refractivity contribution in [3.05, 3.63) is 0 Å². The Balaban J connectivity index is 1.69. The smallest absolute Gasteiger partial charge is 0.225 e. The van der Waals surface area contributed by atoms with E-state index in [0.29, 0.717) is 17.9 Å². The Hall–Kier alpha value is -0.570. The maximum Gasteiger partial charge on any atom is 0.225 e. The number of nitrogens with one attached hydrogen (secondary N) is 1. The highest BCUT2D eigenvalue weighted by atomic mass is 16.2. The molecule has 0 aromatic heterocycles. The lowest BCUT2D eigenvalue weighted by atomic mass is 9.82. The second-order valence-electron chi connectivity index (χ2n) is 6.18. The van der Waals surface area contributed by atoms with Gasteiger partial charge in [-0.2, -0.15) is 0 Å². The Kier molecular flexibility index (Phi) is 5.04. The average Bonchev–Trinajstić information content (AvgIpc) is 2.36. The van der Waals surface area contributed by atoms with E-state index < -0.39 is 0 Å². The molecule has 3 nitrogen and oxygen atoms in total. The van der Waals surface area contributed by atoms with Gasteiger partial charge in [-0.15, -0.1) is 0 Å². The number of amides is 1. The summed E-state index contributed by atoms with van der Waals surface area (Å²) in [7, 11) is 4.02. The molecule has 0 aromatic carbocycles. The highest BCUT2D eigenvalue weighted by Gasteiger charge is 2.28. The van der Waals surface area contributed by atoms with Crippen molar-refractivity contribution < 1.29 is 4.79 Å². The van der Waals surface area contributed by atoms with Crippen LogP contribution in [0.15, 0.2) is 0 Å². The second kappa shape index (κ2) is 6.55. The molecule has 0 heterocycles. The van der Waals surface area contributed by atoms with E-state index >= 15 is 0 Å². The van der Waals surface area contributed by atoms with Crippen LogP contribution in [-0.2, 0) is 4.79 Å². The van der Waals surface area contributed by atoms with E-state index in [1.807, 2.05) is 19.0 Å². The van der Waals surface area contributed by atoms with Gasteiger partial charge in [0.25, 0.3) is 0 Å². The topological polar surface area (TPSA) is 32.3 Å². The molecule has 104 valence electrons. The molecule has 0 atom stereocenters. The molecule has 0 unspecified atom stereocenters. The lowest BCUT2D eigenvalue weighted by Crippen LogP contribution is -2.39. The maximum atomic E-state index is 12.3. The predicted octanol–water partition coefficient (Wildman–Crippen LogP) is 2.41. The Bertz CT molecular complexity index is 268. The lowest BCUT2D eigenvalue weighted by Gasteiger charge is -2.32. The molecule has 0 spiro atoms. The number of carbonyl (C=O) groups excluding carboxylic acids is 1. The fraction of sp³-hybridized carbons (Fsp3) is 0.933. The molecule has 0 radical (unpaired) electrons. The van der Waals surface area contributed by atoms with Gasteiger partial charge in [0, 0.05) is 25.6 Å². The molecule has 2 aliphatic carbocycles. The first kappa shape index (κ1) is 13.9. The van der Waals surface area contributed by atoms with Crippen LogP contribution in [-0.4, -0.2) is 37.5 Å². The van der Waals surface area contributed by atoms with Gasteiger partial charge in [0.2, 0.25) is 5.91 Å². The van der Waals surface area contributed by atoms with Gasteiger partial charge in [-0.1, -0.05) is 19.3 Å². The van der Waals surface area contributed by atoms with Crippen molar-refractivity contribution in [2.24, 2.45) is 11.8 Å². The molecule has 0 aliphatic heterocycles. The summed E-state index contributed by atoms with van der Waals surface area (Å²) in [4.78, 5) is 14.3. The maximum absolute atomic E-state index is 12.3. The highest BCUT2D eigenvalue weighted by Crippen LogP contribution is 2.30. The zero-order valence-corrected chi connectivity index (χ0v) is 12.0. The fourth-order valence-corrected chi connectivity index (χ4v) is 3.21. The summed E-state index contributed by atoms with van der Waals surface area (Å²) in [6.07, 6.45) is 9.83. The third-order valence-electron chi connectivity index (χ3n) is 4.96. The minimum atomic E-state index is 0.293. The quantitative estimate of drug-likeness (QED) is 0.815. The van der Waals surface area contributed by atoms with Gasteiger partial charge in [-0.3, -0.25) is 4.79 Å². The van der Waals surface area contributed by atoms with Crippen LogP contribution in [0, 0.1) is 11.8 Å². The predicted molar refractivity (Wildman–Crippen MR) is 74.4 cm³/mol. The third kappa shape index (κ3) is 3.47. The van der Waals surface area contributed by atoms with E-state index in [-0.39, 0.29) is 0 Å². The standard InChI is InChI=1S/C15H28N2O/c1-16-14-8-6-13(7-9-14)15(18)17(2)11-10-12-4-3-5-12/h12-14,16H,3-11H2,1-2H3. The monoisotopic (exact) mass is 252 g/mol. The molecular weight excluding hydrogens is 224 g/mol. The van der Waals surface area contributed by atoms with Crippen molar-refractivity contribution in [3.63, 3.8) is 0 Å². The first-order valence-corrected chi connectivity index (χ1v) is 7.63. The van der Waals surface area contributed by atoms with E-state index in [2.05, 4.69) is 5.32 Å². The molecule has 2 fully saturated rings. The van der Waals surface area contributed by atoms with Gasteiger partial charge in [0.1, 0.15) is 0 Å². The van der Waals surface area contributed by atoms with Gasteiger partial charge in [-0.05, 0) is 45.1 Å². The summed E-state index contributed by atoms with van der Waals surface area (Å²) >= 11 is 0. The summed E-state index contributed by atoms with van der Waals surface area (Å²) in [6, 6.07) is 0.634. The molecule has 2 aliphatic rings. The van der Waals surface area contributed by atoms with Crippen molar-refractivity contribution in [1.82, 2.24) is 10.2 Å². The van der Waals surface area contributed by atoms with Crippen LogP contribution >= 0.6 is 0 Å². The Morgan fingerprint density at radius 1 is 1.17 bits per heavy atom. The third-order valence-corrected chi connectivity index (χ3v) is 4.96. The number of rotatable bonds is 5. The first-order chi connectivity index (χ1) is 8.70. The fourth-order valence-electron chi connectivity index (χ4n) is 3.21. The summed E-state index contributed by atoms with van der Waals surface area (Å²) in [5.41, 5.74) is 0. The molecule has 18 heavy (non-hydrogen) atoms. The van der Waals surface area contributed by atoms with Gasteiger partial charge in [0.15, 0.2) is 0 Å². The lowest BCUT2D eigenvalue weighted by molar-refractivity contribution is -0.135. The van der Waals surface area contributed by atoms with Crippen LogP contribution in [0.4, 0.5) is 0 Å². The van der Waals surface area contributed by atoms with Gasteiger partial charge in [0.05, 0.1) is 0 Å². The Morgan fingerprint density at radius 3 is 2.33 bits per heavy atom. The SMILES string of the molecule is CNC1CCC(C(=O)N(C)CCC2CCC2)CC1. The zero-order valence-electron chi connectivity index (χ0n) is 12.0. The van der Waals surface area contributed by atoms with Crippen LogP contribution < -0.4 is 5.32 Å². The van der Waals surface area contributed by atoms with Crippen molar-refractivity contribution in [1.29, 1.82) is 0 Å². The molecule has 2 saturated carbocycles. The van der Waals surface area contributed by atoms with Gasteiger partial charge < -0.3 is 10.2 Å². The molecular formula is C15H28N2O. The van der Waals surface area contributed by atoms with Crippen LogP contribution in [0.5, 0.6) is 0 Å². The van der Waals surface area contributed by atoms with Crippen molar-refractivity contribution in [2.45, 2.75) is 57.4 Å². The molecule has 0 bridgehead atoms. The molecule has 3 heteroatoms. The van der Waals surface area contributed by atoms with E-state index in [1.54, 1.807) is 0 Å². The van der Waals surface area contributed by atoms with Crippen LogP contribution in [0.2, 0.25) is 0 Å². The number of hydrogen-bond donors (Lipinski definition) is 1. The number of nitrogens with zero attached hydrogens (tertiary/aromatic N) is 1. The summed E-state index contributed by atoms with van der Waals surface area (Å²) < 4.78 is 0. The molecule has 1 N–H and O–H groups in total. The van der Waals surface area contributed by atoms with Crippen LogP contribution in [0.1, 0.15) is 51.4 Å². The van der Waals surface area contributed by atoms with E-state index in [1.165, 1.54) is 25.7 Å². The summed E-state index contributed by atoms with van der Waals surface area (Å²) in [5, 5.41) is 3.32. The normalized spacial score (nSPS) is 28.8. The van der Waals surface area contributed by atoms with Gasteiger partial charge >= 0.3 is 0 Å². The van der Waals surface area contributed by atoms with Crippen molar-refractivity contribution >= 4 is 5.91 Å². The Morgan fingerprint density at radius 2 is 1.83 bits per heavy atom. The largest absolute Gasteiger partial charge is 0.346 e. The highest BCUT2D eigenvalue weighted by molar-refractivity contribution is 5.78. The second-order valence-corrected chi connectivity index (χ2v) is 6.18. The minimum Gasteiger partial charge on any atom is -0.346 e. The van der Waals surface area contributed by atoms with Gasteiger partial charge in [-0.25, -0.2) is 0 Å². The molecule has 0 saturated heterocycles. The Labute approximate surface area is 111 Å². The number of carbonyl (C=O) groups is 1. The van der Waals surface area contributed by atoms with Crippen molar-refractivity contribution in [2.75, 3.05) is 20.6 Å². The van der Waals surface area contributed by atoms with E-state index in [0.717, 1.165) is 38.1 Å². The first-order valence-electron chi connectivity index (χ1n) is 7.63.